The van der Waals surface area contributed by atoms with Crippen molar-refractivity contribution in [3.05, 3.63) is 49.6 Å². The number of aromatic hydroxyl groups is 1. The van der Waals surface area contributed by atoms with Crippen LogP contribution in [0.5, 0.6) is 5.75 Å². The third kappa shape index (κ3) is 2.85. The van der Waals surface area contributed by atoms with E-state index in [4.69, 9.17) is 4.84 Å². The van der Waals surface area contributed by atoms with Crippen LogP contribution < -0.4 is 0 Å². The minimum atomic E-state index is -0.961. The fourth-order valence-electron chi connectivity index (χ4n) is 6.25. The van der Waals surface area contributed by atoms with Gasteiger partial charge in [-0.2, -0.15) is 0 Å². The first-order valence-corrected chi connectivity index (χ1v) is 10.7. The van der Waals surface area contributed by atoms with E-state index in [-0.39, 0.29) is 23.5 Å². The molecule has 3 aliphatic rings. The zero-order chi connectivity index (χ0) is 19.4. The van der Waals surface area contributed by atoms with Crippen LogP contribution in [0.3, 0.4) is 0 Å². The average molecular weight is 485 g/mol. The van der Waals surface area contributed by atoms with E-state index in [9.17, 15) is 20.3 Å². The van der Waals surface area contributed by atoms with Gasteiger partial charge >= 0.3 is 0 Å². The Labute approximate surface area is 171 Å². The molecule has 0 aliphatic heterocycles. The molecule has 0 aromatic heterocycles. The Bertz CT molecular complexity index is 799. The molecule has 2 saturated carbocycles. The fourth-order valence-corrected chi connectivity index (χ4v) is 6.84. The molecule has 3 unspecified atom stereocenters. The molecule has 3 aliphatic carbocycles. The lowest BCUT2D eigenvalue weighted by atomic mass is 9.52. The first kappa shape index (κ1) is 19.0. The van der Waals surface area contributed by atoms with E-state index in [1.165, 1.54) is 0 Å². The third-order valence-electron chi connectivity index (χ3n) is 7.44. The quantitative estimate of drug-likeness (QED) is 0.382. The molecule has 27 heavy (non-hydrogen) atoms. The highest BCUT2D eigenvalue weighted by atomic mass is 127. The summed E-state index contributed by atoms with van der Waals surface area (Å²) in [5.41, 5.74) is 0.692. The van der Waals surface area contributed by atoms with Crippen LogP contribution in [0.15, 0.2) is 28.4 Å². The topological polar surface area (TPSA) is 92.8 Å². The van der Waals surface area contributed by atoms with Gasteiger partial charge in [0.05, 0.1) is 5.60 Å². The molecule has 7 heteroatoms. The van der Waals surface area contributed by atoms with Gasteiger partial charge in [0, 0.05) is 11.3 Å². The number of phenolic OH excluding ortho intramolecular Hbond substituents is 1. The Balaban J connectivity index is 1.80. The number of nitrogens with zero attached hydrogens (tertiary/aromatic N) is 1. The highest BCUT2D eigenvalue weighted by Crippen LogP contribution is 2.65. The maximum atomic E-state index is 11.4. The van der Waals surface area contributed by atoms with Gasteiger partial charge in [-0.15, -0.1) is 10.1 Å². The van der Waals surface area contributed by atoms with Gasteiger partial charge in [-0.05, 0) is 77.4 Å². The van der Waals surface area contributed by atoms with Crippen molar-refractivity contribution in [3.63, 3.8) is 0 Å². The third-order valence-corrected chi connectivity index (χ3v) is 7.80. The van der Waals surface area contributed by atoms with Crippen LogP contribution in [0.2, 0.25) is 0 Å². The van der Waals surface area contributed by atoms with Gasteiger partial charge in [0.1, 0.15) is 11.9 Å². The number of phenols is 1. The van der Waals surface area contributed by atoms with Gasteiger partial charge in [-0.1, -0.05) is 35.6 Å². The summed E-state index contributed by atoms with van der Waals surface area (Å²) in [6.45, 7) is 2.07. The highest BCUT2D eigenvalue weighted by Gasteiger charge is 2.63. The van der Waals surface area contributed by atoms with Crippen LogP contribution in [0.25, 0.3) is 0 Å². The Morgan fingerprint density at radius 1 is 1.41 bits per heavy atom. The summed E-state index contributed by atoms with van der Waals surface area (Å²) in [5, 5.41) is 31.8. The van der Waals surface area contributed by atoms with Crippen LogP contribution in [-0.4, -0.2) is 27.0 Å². The molecule has 6 nitrogen and oxygen atoms in total. The fraction of sp³-hybridized carbons (Fsp3) is 0.600. The molecule has 0 heterocycles. The van der Waals surface area contributed by atoms with Crippen LogP contribution >= 0.6 is 22.6 Å². The van der Waals surface area contributed by atoms with Crippen molar-refractivity contribution in [3.8, 4) is 5.75 Å². The number of fused-ring (bicyclic) bond motifs is 5. The van der Waals surface area contributed by atoms with Gasteiger partial charge in [-0.25, -0.2) is 0 Å². The molecule has 4 rings (SSSR count). The normalized spacial score (nSPS) is 40.3. The summed E-state index contributed by atoms with van der Waals surface area (Å²) in [6.07, 6.45) is 5.01. The van der Waals surface area contributed by atoms with Crippen molar-refractivity contribution in [2.24, 2.45) is 17.3 Å². The Morgan fingerprint density at radius 2 is 2.19 bits per heavy atom. The van der Waals surface area contributed by atoms with E-state index < -0.39 is 22.2 Å². The molecule has 6 atom stereocenters. The molecule has 0 saturated heterocycles. The van der Waals surface area contributed by atoms with Crippen LogP contribution in [0.1, 0.15) is 49.7 Å². The second kappa shape index (κ2) is 6.62. The van der Waals surface area contributed by atoms with Gasteiger partial charge in [0.25, 0.3) is 5.09 Å². The predicted octanol–water partition coefficient (Wildman–Crippen LogP) is 4.11. The van der Waals surface area contributed by atoms with Crippen molar-refractivity contribution in [2.75, 3.05) is 0 Å². The number of rotatable bonds is 3. The molecule has 2 fully saturated rings. The molecule has 1 aromatic rings. The largest absolute Gasteiger partial charge is 0.508 e. The number of aryl methyl sites for hydroxylation is 1. The van der Waals surface area contributed by atoms with Gasteiger partial charge in [0.2, 0.25) is 0 Å². The van der Waals surface area contributed by atoms with E-state index in [2.05, 4.69) is 29.5 Å². The summed E-state index contributed by atoms with van der Waals surface area (Å²) < 4.78 is 1.85. The molecule has 0 amide bonds. The highest BCUT2D eigenvalue weighted by molar-refractivity contribution is 14.1. The number of halogens is 1. The lowest BCUT2D eigenvalue weighted by molar-refractivity contribution is -0.771. The van der Waals surface area contributed by atoms with Crippen molar-refractivity contribution >= 4 is 22.6 Å². The monoisotopic (exact) mass is 485 g/mol. The van der Waals surface area contributed by atoms with E-state index >= 15 is 0 Å². The molecule has 0 spiro atoms. The van der Waals surface area contributed by atoms with Crippen LogP contribution in [-0.2, 0) is 11.3 Å². The molecular weight excluding hydrogens is 461 g/mol. The Hall–Kier alpha value is -1.35. The van der Waals surface area contributed by atoms with Gasteiger partial charge in [-0.3, -0.25) is 0 Å². The zero-order valence-electron chi connectivity index (χ0n) is 15.2. The number of benzene rings is 1. The van der Waals surface area contributed by atoms with Crippen molar-refractivity contribution in [2.45, 2.75) is 56.7 Å². The molecule has 0 bridgehead atoms. The molecule has 2 N–H and O–H groups in total. The standard InChI is InChI=1S/C20H24INO5/c1-19-11-17(27-22(25)26)18-14-5-3-13(23)10-12(14)2-4-15(18)16(19)6-7-20(19,24)8-9-21/h3,5,8-10,15-18,23-24H,2,4,6-7,11H2,1H3/b9-8+/t15?,16?,17-,18?,19-,20+/m0/s1. The smallest absolute Gasteiger partial charge is 0.294 e. The van der Waals surface area contributed by atoms with Crippen molar-refractivity contribution in [1.29, 1.82) is 0 Å². The van der Waals surface area contributed by atoms with E-state index in [1.54, 1.807) is 12.1 Å². The average Bonchev–Trinajstić information content (AvgIpc) is 2.85. The zero-order valence-corrected chi connectivity index (χ0v) is 17.3. The second-order valence-electron chi connectivity index (χ2n) is 8.46. The maximum absolute atomic E-state index is 11.4. The summed E-state index contributed by atoms with van der Waals surface area (Å²) in [5.74, 6) is 0.654. The van der Waals surface area contributed by atoms with E-state index in [0.29, 0.717) is 12.8 Å². The maximum Gasteiger partial charge on any atom is 0.294 e. The molecular formula is C20H24INO5. The summed E-state index contributed by atoms with van der Waals surface area (Å²) in [7, 11) is 0. The minimum absolute atomic E-state index is 0.0799. The van der Waals surface area contributed by atoms with Gasteiger partial charge < -0.3 is 15.1 Å². The number of hydrogen-bond donors (Lipinski definition) is 2. The first-order valence-electron chi connectivity index (χ1n) is 9.42. The SMILES string of the molecule is C[C@]12C[C@H](O[N+](=O)[O-])C3c4ccc(O)cc4CCC3C1CC[C@@]2(O)/C=C/I. The molecule has 0 radical (unpaired) electrons. The lowest BCUT2D eigenvalue weighted by Crippen LogP contribution is -2.55. The first-order chi connectivity index (χ1) is 12.8. The number of hydrogen-bond acceptors (Lipinski definition) is 5. The van der Waals surface area contributed by atoms with Crippen LogP contribution in [0.4, 0.5) is 0 Å². The molecule has 146 valence electrons. The summed E-state index contributed by atoms with van der Waals surface area (Å²) in [4.78, 5) is 16.5. The lowest BCUT2D eigenvalue weighted by Gasteiger charge is -2.55. The summed E-state index contributed by atoms with van der Waals surface area (Å²) in [6, 6.07) is 5.32. The minimum Gasteiger partial charge on any atom is -0.508 e. The summed E-state index contributed by atoms with van der Waals surface area (Å²) >= 11 is 2.12. The van der Waals surface area contributed by atoms with Crippen molar-refractivity contribution in [1.82, 2.24) is 0 Å². The second-order valence-corrected chi connectivity index (χ2v) is 9.18. The van der Waals surface area contributed by atoms with Gasteiger partial charge in [0.15, 0.2) is 0 Å². The van der Waals surface area contributed by atoms with Crippen LogP contribution in [0, 0.1) is 27.4 Å². The Morgan fingerprint density at radius 3 is 2.89 bits per heavy atom. The predicted molar refractivity (Wildman–Crippen MR) is 108 cm³/mol. The number of aliphatic hydroxyl groups is 1. The molecule has 1 aromatic carbocycles. The van der Waals surface area contributed by atoms with E-state index in [0.717, 1.165) is 30.4 Å². The Kier molecular flexibility index (Phi) is 4.65. The van der Waals surface area contributed by atoms with E-state index in [1.807, 2.05) is 16.2 Å². The van der Waals surface area contributed by atoms with Crippen molar-refractivity contribution < 1.29 is 20.1 Å².